The SMILES string of the molecule is CCc1cncc(-c2cc3c(cn2)cnn3-c2ccc(C3CC3)c(N3CCCC(N)C3)n2)c1. The number of anilines is 1. The van der Waals surface area contributed by atoms with Crippen molar-refractivity contribution in [3.8, 4) is 17.1 Å². The molecule has 2 N–H and O–H groups in total. The molecule has 2 aliphatic rings. The third kappa shape index (κ3) is 3.86. The number of hydrogen-bond donors (Lipinski definition) is 1. The molecule has 2 fully saturated rings. The molecule has 0 amide bonds. The summed E-state index contributed by atoms with van der Waals surface area (Å²) in [4.78, 5) is 16.6. The lowest BCUT2D eigenvalue weighted by Gasteiger charge is -2.33. The fourth-order valence-electron chi connectivity index (χ4n) is 4.82. The van der Waals surface area contributed by atoms with Gasteiger partial charge in [0.05, 0.1) is 17.4 Å². The Morgan fingerprint density at radius 2 is 1.97 bits per heavy atom. The van der Waals surface area contributed by atoms with Crippen molar-refractivity contribution in [1.82, 2.24) is 24.7 Å². The van der Waals surface area contributed by atoms with Gasteiger partial charge in [-0.3, -0.25) is 9.97 Å². The van der Waals surface area contributed by atoms with Crippen LogP contribution < -0.4 is 10.6 Å². The Bertz CT molecular complexity index is 1310. The van der Waals surface area contributed by atoms with E-state index in [1.54, 1.807) is 0 Å². The Morgan fingerprint density at radius 1 is 1.06 bits per heavy atom. The van der Waals surface area contributed by atoms with Crippen LogP contribution in [0.2, 0.25) is 0 Å². The lowest BCUT2D eigenvalue weighted by atomic mass is 10.0. The molecule has 7 nitrogen and oxygen atoms in total. The molecule has 0 radical (unpaired) electrons. The number of piperidine rings is 1. The molecule has 1 aliphatic heterocycles. The summed E-state index contributed by atoms with van der Waals surface area (Å²) in [5.41, 5.74) is 11.8. The number of aromatic nitrogens is 5. The minimum absolute atomic E-state index is 0.211. The smallest absolute Gasteiger partial charge is 0.156 e. The van der Waals surface area contributed by atoms with Crippen LogP contribution in [0.1, 0.15) is 49.7 Å². The van der Waals surface area contributed by atoms with Crippen LogP contribution in [0.3, 0.4) is 0 Å². The van der Waals surface area contributed by atoms with Gasteiger partial charge in [-0.2, -0.15) is 5.10 Å². The second-order valence-corrected chi connectivity index (χ2v) is 9.33. The number of rotatable bonds is 5. The Labute approximate surface area is 193 Å². The normalized spacial score (nSPS) is 18.7. The van der Waals surface area contributed by atoms with Crippen molar-refractivity contribution in [2.75, 3.05) is 18.0 Å². The Morgan fingerprint density at radius 3 is 2.79 bits per heavy atom. The summed E-state index contributed by atoms with van der Waals surface area (Å²) in [6.07, 6.45) is 13.2. The molecule has 1 atom stereocenters. The average Bonchev–Trinajstić information content (AvgIpc) is 3.62. The molecular formula is C26H29N7. The monoisotopic (exact) mass is 439 g/mol. The quantitative estimate of drug-likeness (QED) is 0.500. The first-order valence-electron chi connectivity index (χ1n) is 12.0. The van der Waals surface area contributed by atoms with Crippen molar-refractivity contribution >= 4 is 16.7 Å². The van der Waals surface area contributed by atoms with E-state index in [1.165, 1.54) is 24.0 Å². The largest absolute Gasteiger partial charge is 0.355 e. The molecule has 0 spiro atoms. The maximum atomic E-state index is 6.30. The fraction of sp³-hybridized carbons (Fsp3) is 0.385. The molecule has 4 aromatic rings. The van der Waals surface area contributed by atoms with Crippen molar-refractivity contribution < 1.29 is 0 Å². The zero-order valence-electron chi connectivity index (χ0n) is 19.0. The van der Waals surface area contributed by atoms with Crippen LogP contribution in [-0.4, -0.2) is 43.9 Å². The minimum Gasteiger partial charge on any atom is -0.355 e. The summed E-state index contributed by atoms with van der Waals surface area (Å²) >= 11 is 0. The van der Waals surface area contributed by atoms with Crippen LogP contribution in [0, 0.1) is 0 Å². The Balaban J connectivity index is 1.43. The van der Waals surface area contributed by atoms with E-state index in [0.29, 0.717) is 5.92 Å². The Kier molecular flexibility index (Phi) is 5.06. The first kappa shape index (κ1) is 20.3. The molecule has 1 saturated carbocycles. The van der Waals surface area contributed by atoms with Gasteiger partial charge in [0, 0.05) is 48.7 Å². The number of aryl methyl sites for hydroxylation is 1. The first-order valence-corrected chi connectivity index (χ1v) is 12.0. The highest BCUT2D eigenvalue weighted by Gasteiger charge is 2.30. The van der Waals surface area contributed by atoms with Gasteiger partial charge in [0.2, 0.25) is 0 Å². The summed E-state index contributed by atoms with van der Waals surface area (Å²) in [6.45, 7) is 4.01. The molecule has 1 unspecified atom stereocenters. The van der Waals surface area contributed by atoms with Gasteiger partial charge >= 0.3 is 0 Å². The molecule has 0 aromatic carbocycles. The molecule has 0 bridgehead atoms. The third-order valence-corrected chi connectivity index (χ3v) is 6.83. The van der Waals surface area contributed by atoms with Gasteiger partial charge in [0.15, 0.2) is 5.82 Å². The van der Waals surface area contributed by atoms with E-state index in [0.717, 1.165) is 66.1 Å². The van der Waals surface area contributed by atoms with Crippen LogP contribution in [0.25, 0.3) is 28.0 Å². The van der Waals surface area contributed by atoms with Crippen LogP contribution >= 0.6 is 0 Å². The van der Waals surface area contributed by atoms with E-state index in [1.807, 2.05) is 29.5 Å². The molecule has 168 valence electrons. The summed E-state index contributed by atoms with van der Waals surface area (Å²) in [5.74, 6) is 2.55. The van der Waals surface area contributed by atoms with Gasteiger partial charge < -0.3 is 10.6 Å². The molecule has 4 aromatic heterocycles. The number of pyridine rings is 3. The molecule has 7 heteroatoms. The van der Waals surface area contributed by atoms with Gasteiger partial charge in [-0.25, -0.2) is 9.67 Å². The standard InChI is InChI=1S/C26H29N7/c1-2-17-10-19(13-28-12-17)23-11-24-20(14-29-23)15-30-33(24)25-8-7-22(18-5-6-18)26(31-25)32-9-3-4-21(27)16-32/h7-8,10-15,18,21H,2-6,9,16,27H2,1H3. The fourth-order valence-corrected chi connectivity index (χ4v) is 4.82. The second kappa shape index (κ2) is 8.23. The van der Waals surface area contributed by atoms with Crippen molar-refractivity contribution in [1.29, 1.82) is 0 Å². The topological polar surface area (TPSA) is 85.8 Å². The van der Waals surface area contributed by atoms with Gasteiger partial charge in [-0.05, 0) is 67.3 Å². The van der Waals surface area contributed by atoms with E-state index in [9.17, 15) is 0 Å². The zero-order chi connectivity index (χ0) is 22.4. The second-order valence-electron chi connectivity index (χ2n) is 9.33. The zero-order valence-corrected chi connectivity index (χ0v) is 19.0. The van der Waals surface area contributed by atoms with Crippen molar-refractivity contribution in [3.05, 3.63) is 60.2 Å². The average molecular weight is 440 g/mol. The Hall–Kier alpha value is -3.32. The van der Waals surface area contributed by atoms with Gasteiger partial charge in [-0.15, -0.1) is 0 Å². The van der Waals surface area contributed by atoms with Gasteiger partial charge in [-0.1, -0.05) is 13.0 Å². The van der Waals surface area contributed by atoms with Crippen LogP contribution in [0.4, 0.5) is 5.82 Å². The van der Waals surface area contributed by atoms with E-state index in [2.05, 4.69) is 51.2 Å². The highest BCUT2D eigenvalue weighted by molar-refractivity contribution is 5.83. The van der Waals surface area contributed by atoms with E-state index in [4.69, 9.17) is 10.7 Å². The van der Waals surface area contributed by atoms with Crippen molar-refractivity contribution in [2.24, 2.45) is 5.73 Å². The molecule has 5 heterocycles. The van der Waals surface area contributed by atoms with Crippen molar-refractivity contribution in [3.63, 3.8) is 0 Å². The number of fused-ring (bicyclic) bond motifs is 1. The van der Waals surface area contributed by atoms with E-state index >= 15 is 0 Å². The predicted octanol–water partition coefficient (Wildman–Crippen LogP) is 4.24. The van der Waals surface area contributed by atoms with Crippen LogP contribution in [-0.2, 0) is 6.42 Å². The highest BCUT2D eigenvalue weighted by Crippen LogP contribution is 2.44. The summed E-state index contributed by atoms with van der Waals surface area (Å²) < 4.78 is 1.93. The first-order chi connectivity index (χ1) is 16.2. The molecular weight excluding hydrogens is 410 g/mol. The van der Waals surface area contributed by atoms with Crippen molar-refractivity contribution in [2.45, 2.75) is 51.0 Å². The molecule has 1 saturated heterocycles. The van der Waals surface area contributed by atoms with Crippen LogP contribution in [0.15, 0.2) is 49.1 Å². The van der Waals surface area contributed by atoms with Gasteiger partial charge in [0.1, 0.15) is 5.82 Å². The maximum absolute atomic E-state index is 6.30. The summed E-state index contributed by atoms with van der Waals surface area (Å²) in [5, 5.41) is 5.67. The number of nitrogens with zero attached hydrogens (tertiary/aromatic N) is 6. The highest BCUT2D eigenvalue weighted by atomic mass is 15.3. The van der Waals surface area contributed by atoms with E-state index in [-0.39, 0.29) is 6.04 Å². The lowest BCUT2D eigenvalue weighted by molar-refractivity contribution is 0.502. The molecule has 6 rings (SSSR count). The predicted molar refractivity (Wildman–Crippen MR) is 131 cm³/mol. The number of hydrogen-bond acceptors (Lipinski definition) is 6. The maximum Gasteiger partial charge on any atom is 0.156 e. The molecule has 1 aliphatic carbocycles. The third-order valence-electron chi connectivity index (χ3n) is 6.83. The van der Waals surface area contributed by atoms with Crippen LogP contribution in [0.5, 0.6) is 0 Å². The summed E-state index contributed by atoms with van der Waals surface area (Å²) in [7, 11) is 0. The van der Waals surface area contributed by atoms with E-state index < -0.39 is 0 Å². The number of nitrogens with two attached hydrogens (primary N) is 1. The lowest BCUT2D eigenvalue weighted by Crippen LogP contribution is -2.43. The van der Waals surface area contributed by atoms with Gasteiger partial charge in [0.25, 0.3) is 0 Å². The summed E-state index contributed by atoms with van der Waals surface area (Å²) in [6, 6.07) is 8.81. The minimum atomic E-state index is 0.211. The molecule has 33 heavy (non-hydrogen) atoms.